The largest absolute Gasteiger partial charge is 0.457 e. The summed E-state index contributed by atoms with van der Waals surface area (Å²) in [5, 5.41) is 8.68. The molecule has 0 rings (SSSR count). The average molecular weight is 229 g/mol. The van der Waals surface area contributed by atoms with Gasteiger partial charge in [0, 0.05) is 0 Å². The normalized spacial score (nSPS) is 12.7. The summed E-state index contributed by atoms with van der Waals surface area (Å²) in [7, 11) is 0. The molecule has 76 valence electrons. The molecule has 1 unspecified atom stereocenters. The first-order valence-corrected chi connectivity index (χ1v) is 4.41. The predicted octanol–water partition coefficient (Wildman–Crippen LogP) is 0.531. The Morgan fingerprint density at radius 1 is 1.46 bits per heavy atom. The van der Waals surface area contributed by atoms with E-state index in [1.54, 1.807) is 0 Å². The Hall–Kier alpha value is -0.320. The first-order valence-electron chi connectivity index (χ1n) is 3.54. The van der Waals surface area contributed by atoms with Crippen LogP contribution in [0.2, 0.25) is 0 Å². The molecule has 0 bridgehead atoms. The molecule has 1 N–H and O–H groups in total. The Morgan fingerprint density at radius 3 is 2.31 bits per heavy atom. The molecule has 0 spiro atoms. The van der Waals surface area contributed by atoms with E-state index in [1.165, 1.54) is 6.92 Å². The van der Waals surface area contributed by atoms with Crippen molar-refractivity contribution in [1.29, 1.82) is 0 Å². The van der Waals surface area contributed by atoms with Gasteiger partial charge in [0.1, 0.15) is 17.4 Å². The number of carbonyl (C=O) groups is 2. The molecule has 0 fully saturated rings. The van der Waals surface area contributed by atoms with E-state index in [9.17, 15) is 9.59 Å². The minimum Gasteiger partial charge on any atom is -0.457 e. The zero-order chi connectivity index (χ0) is 10.4. The molecule has 4 nitrogen and oxygen atoms in total. The summed E-state index contributed by atoms with van der Waals surface area (Å²) in [5.74, 6) is -2.05. The summed E-state index contributed by atoms with van der Waals surface area (Å²) in [5.41, 5.74) is 0. The molecular formula is C7H10Cl2O4. The number of halogens is 2. The minimum atomic E-state index is -1.04. The number of ether oxygens (including phenoxy) is 1. The van der Waals surface area contributed by atoms with E-state index in [2.05, 4.69) is 4.74 Å². The highest BCUT2D eigenvalue weighted by Crippen LogP contribution is 2.16. The molecule has 0 aromatic rings. The van der Waals surface area contributed by atoms with E-state index < -0.39 is 23.3 Å². The summed E-state index contributed by atoms with van der Waals surface area (Å²) in [4.78, 5) is 20.4. The lowest BCUT2D eigenvalue weighted by atomic mass is 10.2. The number of rotatable bonds is 5. The number of hydrogen-bond acceptors (Lipinski definition) is 4. The van der Waals surface area contributed by atoms with Crippen molar-refractivity contribution in [3.63, 3.8) is 0 Å². The van der Waals surface area contributed by atoms with Crippen LogP contribution in [-0.2, 0) is 14.3 Å². The predicted molar refractivity (Wildman–Crippen MR) is 47.7 cm³/mol. The molecule has 0 aliphatic heterocycles. The molecular weight excluding hydrogens is 219 g/mol. The van der Waals surface area contributed by atoms with Crippen molar-refractivity contribution in [1.82, 2.24) is 0 Å². The van der Waals surface area contributed by atoms with Crippen LogP contribution in [0.25, 0.3) is 0 Å². The Bertz CT molecular complexity index is 193. The minimum absolute atomic E-state index is 0.286. The molecule has 0 radical (unpaired) electrons. The van der Waals surface area contributed by atoms with Crippen molar-refractivity contribution in [2.45, 2.75) is 11.8 Å². The first-order chi connectivity index (χ1) is 5.99. The van der Waals surface area contributed by atoms with E-state index in [1.807, 2.05) is 0 Å². The van der Waals surface area contributed by atoms with Gasteiger partial charge in [-0.1, -0.05) is 0 Å². The highest BCUT2D eigenvalue weighted by atomic mass is 35.5. The van der Waals surface area contributed by atoms with Gasteiger partial charge in [-0.3, -0.25) is 9.59 Å². The van der Waals surface area contributed by atoms with Crippen molar-refractivity contribution >= 4 is 35.0 Å². The number of hydrogen-bond donors (Lipinski definition) is 1. The van der Waals surface area contributed by atoms with Crippen molar-refractivity contribution in [2.75, 3.05) is 13.2 Å². The lowest BCUT2D eigenvalue weighted by molar-refractivity contribution is -0.152. The standard InChI is InChI=1S/C7H10Cl2O4/c1-4(11)3-13-7(12)5(2-10)6(8)9/h5-6,10H,2-3H2,1H3. The van der Waals surface area contributed by atoms with Gasteiger partial charge >= 0.3 is 5.97 Å². The maximum atomic E-state index is 11.0. The molecule has 13 heavy (non-hydrogen) atoms. The van der Waals surface area contributed by atoms with E-state index in [0.717, 1.165) is 0 Å². The van der Waals surface area contributed by atoms with Crippen LogP contribution in [0.1, 0.15) is 6.92 Å². The van der Waals surface area contributed by atoms with Gasteiger partial charge in [0.05, 0.1) is 6.61 Å². The van der Waals surface area contributed by atoms with Crippen LogP contribution in [0.5, 0.6) is 0 Å². The van der Waals surface area contributed by atoms with Gasteiger partial charge in [-0.25, -0.2) is 0 Å². The summed E-state index contributed by atoms with van der Waals surface area (Å²) in [6.45, 7) is 0.449. The molecule has 6 heteroatoms. The SMILES string of the molecule is CC(=O)COC(=O)C(CO)C(Cl)Cl. The molecule has 1 atom stereocenters. The number of carbonyl (C=O) groups excluding carboxylic acids is 2. The van der Waals surface area contributed by atoms with Crippen LogP contribution >= 0.6 is 23.2 Å². The maximum absolute atomic E-state index is 11.0. The first kappa shape index (κ1) is 12.7. The molecule has 0 heterocycles. The number of aliphatic hydroxyl groups excluding tert-OH is 1. The molecule has 0 amide bonds. The van der Waals surface area contributed by atoms with Gasteiger partial charge in [-0.05, 0) is 6.92 Å². The molecule has 0 saturated heterocycles. The fourth-order valence-electron chi connectivity index (χ4n) is 0.537. The topological polar surface area (TPSA) is 63.6 Å². The number of aliphatic hydroxyl groups is 1. The van der Waals surface area contributed by atoms with Crippen LogP contribution in [0.4, 0.5) is 0 Å². The highest BCUT2D eigenvalue weighted by Gasteiger charge is 2.26. The summed E-state index contributed by atoms with van der Waals surface area (Å²) >= 11 is 10.7. The zero-order valence-electron chi connectivity index (χ0n) is 7.00. The number of esters is 1. The third-order valence-electron chi connectivity index (χ3n) is 1.22. The van der Waals surface area contributed by atoms with Crippen molar-refractivity contribution in [3.8, 4) is 0 Å². The Morgan fingerprint density at radius 2 is 2.00 bits per heavy atom. The molecule has 0 aromatic heterocycles. The van der Waals surface area contributed by atoms with E-state index in [4.69, 9.17) is 28.3 Å². The lowest BCUT2D eigenvalue weighted by Crippen LogP contribution is -2.28. The van der Waals surface area contributed by atoms with Gasteiger partial charge < -0.3 is 9.84 Å². The van der Waals surface area contributed by atoms with Gasteiger partial charge in [-0.2, -0.15) is 0 Å². The smallest absolute Gasteiger partial charge is 0.314 e. The Labute approximate surface area is 85.8 Å². The zero-order valence-corrected chi connectivity index (χ0v) is 8.51. The van der Waals surface area contributed by atoms with Crippen LogP contribution in [0, 0.1) is 5.92 Å². The molecule has 0 aliphatic carbocycles. The molecule has 0 aromatic carbocycles. The third-order valence-corrected chi connectivity index (χ3v) is 1.83. The summed E-state index contributed by atoms with van der Waals surface area (Å²) in [6, 6.07) is 0. The quantitative estimate of drug-likeness (QED) is 0.551. The lowest BCUT2D eigenvalue weighted by Gasteiger charge is -2.12. The van der Waals surface area contributed by atoms with Gasteiger partial charge in [0.15, 0.2) is 5.78 Å². The number of ketones is 1. The van der Waals surface area contributed by atoms with E-state index in [-0.39, 0.29) is 12.4 Å². The molecule has 0 saturated carbocycles. The Balaban J connectivity index is 3.99. The number of alkyl halides is 2. The van der Waals surface area contributed by atoms with Crippen molar-refractivity contribution in [3.05, 3.63) is 0 Å². The van der Waals surface area contributed by atoms with Crippen LogP contribution < -0.4 is 0 Å². The highest BCUT2D eigenvalue weighted by molar-refractivity contribution is 6.45. The van der Waals surface area contributed by atoms with Crippen molar-refractivity contribution in [2.24, 2.45) is 5.92 Å². The average Bonchev–Trinajstić information content (AvgIpc) is 2.01. The van der Waals surface area contributed by atoms with Gasteiger partial charge in [0.25, 0.3) is 0 Å². The number of Topliss-reactive ketones (excluding diaryl/α,β-unsaturated/α-hetero) is 1. The van der Waals surface area contributed by atoms with E-state index in [0.29, 0.717) is 0 Å². The monoisotopic (exact) mass is 228 g/mol. The van der Waals surface area contributed by atoms with Crippen LogP contribution in [0.15, 0.2) is 0 Å². The van der Waals surface area contributed by atoms with Crippen LogP contribution in [0.3, 0.4) is 0 Å². The second-order valence-corrected chi connectivity index (χ2v) is 3.60. The van der Waals surface area contributed by atoms with Gasteiger partial charge in [-0.15, -0.1) is 23.2 Å². The summed E-state index contributed by atoms with van der Waals surface area (Å²) < 4.78 is 4.50. The Kier molecular flexibility index (Phi) is 6.03. The fraction of sp³-hybridized carbons (Fsp3) is 0.714. The second kappa shape index (κ2) is 6.18. The molecule has 0 aliphatic rings. The summed E-state index contributed by atoms with van der Waals surface area (Å²) in [6.07, 6.45) is 0. The maximum Gasteiger partial charge on any atom is 0.314 e. The van der Waals surface area contributed by atoms with E-state index >= 15 is 0 Å². The second-order valence-electron chi connectivity index (χ2n) is 2.43. The third kappa shape index (κ3) is 5.08. The fourth-order valence-corrected chi connectivity index (χ4v) is 0.902. The van der Waals surface area contributed by atoms with Crippen LogP contribution in [-0.4, -0.2) is 34.9 Å². The van der Waals surface area contributed by atoms with Crippen molar-refractivity contribution < 1.29 is 19.4 Å². The van der Waals surface area contributed by atoms with Gasteiger partial charge in [0.2, 0.25) is 0 Å².